The number of carboxylic acid groups (broad SMARTS) is 1. The maximum atomic E-state index is 12.6. The Balaban J connectivity index is 1.63. The van der Waals surface area contributed by atoms with Crippen molar-refractivity contribution >= 4 is 18.0 Å². The minimum Gasteiger partial charge on any atom is -0.480 e. The molecule has 0 bridgehead atoms. The number of ether oxygens (including phenoxy) is 1. The quantitative estimate of drug-likeness (QED) is 0.620. The van der Waals surface area contributed by atoms with E-state index < -0.39 is 18.1 Å². The molecule has 2 aromatic carbocycles. The van der Waals surface area contributed by atoms with E-state index >= 15 is 0 Å². The lowest BCUT2D eigenvalue weighted by Gasteiger charge is -2.26. The van der Waals surface area contributed by atoms with E-state index in [1.54, 1.807) is 6.92 Å². The number of hydrogen-bond acceptors (Lipinski definition) is 4. The van der Waals surface area contributed by atoms with Crippen LogP contribution in [0.2, 0.25) is 0 Å². The average molecular weight is 439 g/mol. The third-order valence-corrected chi connectivity index (χ3v) is 5.91. The summed E-state index contributed by atoms with van der Waals surface area (Å²) in [7, 11) is 0. The number of rotatable bonds is 9. The smallest absolute Gasteiger partial charge is 0.407 e. The predicted octanol–water partition coefficient (Wildman–Crippen LogP) is 3.87. The van der Waals surface area contributed by atoms with Gasteiger partial charge in [0.25, 0.3) is 0 Å². The zero-order valence-electron chi connectivity index (χ0n) is 18.7. The Morgan fingerprint density at radius 3 is 2.09 bits per heavy atom. The van der Waals surface area contributed by atoms with Crippen molar-refractivity contribution in [2.24, 2.45) is 5.92 Å². The van der Waals surface area contributed by atoms with Gasteiger partial charge in [0.2, 0.25) is 5.91 Å². The van der Waals surface area contributed by atoms with Crippen LogP contribution in [-0.2, 0) is 14.3 Å². The molecule has 32 heavy (non-hydrogen) atoms. The molecule has 170 valence electrons. The fourth-order valence-corrected chi connectivity index (χ4v) is 4.10. The number of likely N-dealkylation sites (N-methyl/N-ethyl adjacent to an activating group) is 1. The lowest BCUT2D eigenvalue weighted by Crippen LogP contribution is -2.44. The van der Waals surface area contributed by atoms with Gasteiger partial charge >= 0.3 is 12.1 Å². The molecule has 0 radical (unpaired) electrons. The van der Waals surface area contributed by atoms with Crippen molar-refractivity contribution in [2.45, 2.75) is 39.2 Å². The normalized spacial score (nSPS) is 13.2. The molecule has 0 aliphatic heterocycles. The molecule has 2 aromatic rings. The number of carbonyl (C=O) groups excluding carboxylic acids is 2. The average Bonchev–Trinajstić information content (AvgIpc) is 3.09. The van der Waals surface area contributed by atoms with Gasteiger partial charge in [0.05, 0.1) is 0 Å². The van der Waals surface area contributed by atoms with Gasteiger partial charge in [-0.05, 0) is 35.1 Å². The Kier molecular flexibility index (Phi) is 7.51. The first-order valence-corrected chi connectivity index (χ1v) is 10.9. The maximum Gasteiger partial charge on any atom is 0.407 e. The summed E-state index contributed by atoms with van der Waals surface area (Å²) in [5, 5.41) is 11.8. The molecule has 0 heterocycles. The van der Waals surface area contributed by atoms with Crippen molar-refractivity contribution in [3.8, 4) is 11.1 Å². The molecule has 7 heteroatoms. The number of nitrogens with zero attached hydrogens (tertiary/aromatic N) is 1. The summed E-state index contributed by atoms with van der Waals surface area (Å²) in [5.41, 5.74) is 4.57. The second kappa shape index (κ2) is 10.3. The monoisotopic (exact) mass is 438 g/mol. The summed E-state index contributed by atoms with van der Waals surface area (Å²) in [6, 6.07) is 15.8. The van der Waals surface area contributed by atoms with Crippen LogP contribution in [0.5, 0.6) is 0 Å². The first-order valence-electron chi connectivity index (χ1n) is 10.9. The zero-order chi connectivity index (χ0) is 23.3. The molecule has 0 unspecified atom stereocenters. The number of carboxylic acids is 1. The van der Waals surface area contributed by atoms with Crippen LogP contribution < -0.4 is 5.32 Å². The van der Waals surface area contributed by atoms with E-state index in [-0.39, 0.29) is 37.3 Å². The van der Waals surface area contributed by atoms with Gasteiger partial charge in [-0.25, -0.2) is 4.79 Å². The molecule has 2 amide bonds. The molecule has 1 atom stereocenters. The number of hydrogen-bond donors (Lipinski definition) is 2. The highest BCUT2D eigenvalue weighted by Crippen LogP contribution is 2.44. The van der Waals surface area contributed by atoms with Crippen molar-refractivity contribution < 1.29 is 24.2 Å². The Morgan fingerprint density at radius 2 is 1.59 bits per heavy atom. The number of nitrogens with one attached hydrogen (secondary N) is 1. The third-order valence-electron chi connectivity index (χ3n) is 5.91. The van der Waals surface area contributed by atoms with Gasteiger partial charge < -0.3 is 20.1 Å². The molecule has 7 nitrogen and oxygen atoms in total. The largest absolute Gasteiger partial charge is 0.480 e. The van der Waals surface area contributed by atoms with E-state index in [4.69, 9.17) is 9.84 Å². The molecule has 3 rings (SSSR count). The predicted molar refractivity (Wildman–Crippen MR) is 121 cm³/mol. The van der Waals surface area contributed by atoms with Crippen molar-refractivity contribution in [1.82, 2.24) is 10.2 Å². The summed E-state index contributed by atoms with van der Waals surface area (Å²) >= 11 is 0. The second-order valence-electron chi connectivity index (χ2n) is 8.33. The molecule has 0 saturated carbocycles. The Hall–Kier alpha value is -3.35. The van der Waals surface area contributed by atoms with Gasteiger partial charge in [0.15, 0.2) is 0 Å². The van der Waals surface area contributed by atoms with Gasteiger partial charge in [-0.2, -0.15) is 0 Å². The van der Waals surface area contributed by atoms with E-state index in [9.17, 15) is 14.4 Å². The third kappa shape index (κ3) is 5.28. The van der Waals surface area contributed by atoms with E-state index in [0.29, 0.717) is 6.54 Å². The fourth-order valence-electron chi connectivity index (χ4n) is 4.10. The van der Waals surface area contributed by atoms with Crippen LogP contribution in [0, 0.1) is 5.92 Å². The summed E-state index contributed by atoms with van der Waals surface area (Å²) in [6.45, 7) is 5.65. The van der Waals surface area contributed by atoms with Crippen LogP contribution in [0.4, 0.5) is 4.79 Å². The highest BCUT2D eigenvalue weighted by atomic mass is 16.5. The first kappa shape index (κ1) is 23.3. The Labute approximate surface area is 188 Å². The van der Waals surface area contributed by atoms with Gasteiger partial charge in [0.1, 0.15) is 13.2 Å². The van der Waals surface area contributed by atoms with Gasteiger partial charge in [-0.1, -0.05) is 62.4 Å². The number of amides is 2. The second-order valence-corrected chi connectivity index (χ2v) is 8.33. The van der Waals surface area contributed by atoms with Crippen molar-refractivity contribution in [1.29, 1.82) is 0 Å². The SMILES string of the molecule is CCN(CC(=O)O)C(=O)C[C@H](NC(=O)OCC1c2ccccc2-c2ccccc21)C(C)C. The number of fused-ring (bicyclic) bond motifs is 3. The van der Waals surface area contributed by atoms with Crippen LogP contribution in [0.25, 0.3) is 11.1 Å². The summed E-state index contributed by atoms with van der Waals surface area (Å²) in [6.07, 6.45) is -0.567. The minimum absolute atomic E-state index is 0.0168. The molecule has 1 aliphatic rings. The van der Waals surface area contributed by atoms with Gasteiger partial charge in [0, 0.05) is 24.9 Å². The summed E-state index contributed by atoms with van der Waals surface area (Å²) < 4.78 is 5.58. The first-order chi connectivity index (χ1) is 15.3. The van der Waals surface area contributed by atoms with Crippen molar-refractivity contribution in [3.63, 3.8) is 0 Å². The molecular formula is C25H30N2O5. The molecule has 0 spiro atoms. The highest BCUT2D eigenvalue weighted by molar-refractivity contribution is 5.82. The topological polar surface area (TPSA) is 95.9 Å². The summed E-state index contributed by atoms with van der Waals surface area (Å²) in [4.78, 5) is 37.3. The minimum atomic E-state index is -1.06. The lowest BCUT2D eigenvalue weighted by molar-refractivity contribution is -0.144. The van der Waals surface area contributed by atoms with Crippen LogP contribution in [0.1, 0.15) is 44.2 Å². The van der Waals surface area contributed by atoms with Crippen LogP contribution >= 0.6 is 0 Å². The van der Waals surface area contributed by atoms with Crippen molar-refractivity contribution in [2.75, 3.05) is 19.7 Å². The lowest BCUT2D eigenvalue weighted by atomic mass is 9.98. The number of carbonyl (C=O) groups is 3. The van der Waals surface area contributed by atoms with E-state index in [1.165, 1.54) is 4.90 Å². The molecular weight excluding hydrogens is 408 g/mol. The van der Waals surface area contributed by atoms with Crippen LogP contribution in [0.15, 0.2) is 48.5 Å². The standard InChI is InChI=1S/C25H30N2O5/c1-4-27(14-24(29)30)23(28)13-22(16(2)3)26-25(31)32-15-21-19-11-7-5-9-17(19)18-10-6-8-12-20(18)21/h5-12,16,21-22H,4,13-15H2,1-3H3,(H,26,31)(H,29,30)/t22-/m0/s1. The van der Waals surface area contributed by atoms with Gasteiger partial charge in [-0.3, -0.25) is 9.59 Å². The molecule has 0 fully saturated rings. The Bertz CT molecular complexity index is 942. The summed E-state index contributed by atoms with van der Waals surface area (Å²) in [5.74, 6) is -1.44. The molecule has 1 aliphatic carbocycles. The number of aliphatic carboxylic acids is 1. The van der Waals surface area contributed by atoms with E-state index in [1.807, 2.05) is 38.1 Å². The van der Waals surface area contributed by atoms with Crippen molar-refractivity contribution in [3.05, 3.63) is 59.7 Å². The highest BCUT2D eigenvalue weighted by Gasteiger charge is 2.30. The van der Waals surface area contributed by atoms with E-state index in [0.717, 1.165) is 22.3 Å². The maximum absolute atomic E-state index is 12.6. The number of alkyl carbamates (subject to hydrolysis) is 1. The molecule has 0 saturated heterocycles. The zero-order valence-corrected chi connectivity index (χ0v) is 18.7. The van der Waals surface area contributed by atoms with Gasteiger partial charge in [-0.15, -0.1) is 0 Å². The molecule has 2 N–H and O–H groups in total. The number of benzene rings is 2. The van der Waals surface area contributed by atoms with Crippen LogP contribution in [0.3, 0.4) is 0 Å². The van der Waals surface area contributed by atoms with Crippen LogP contribution in [-0.4, -0.2) is 53.7 Å². The molecule has 0 aromatic heterocycles. The fraction of sp³-hybridized carbons (Fsp3) is 0.400. The Morgan fingerprint density at radius 1 is 1.03 bits per heavy atom. The van der Waals surface area contributed by atoms with E-state index in [2.05, 4.69) is 29.6 Å².